The van der Waals surface area contributed by atoms with Crippen LogP contribution in [0.3, 0.4) is 0 Å². The summed E-state index contributed by atoms with van der Waals surface area (Å²) >= 11 is 0. The predicted molar refractivity (Wildman–Crippen MR) is 93.7 cm³/mol. The maximum absolute atomic E-state index is 12.2. The van der Waals surface area contributed by atoms with Crippen LogP contribution in [0.15, 0.2) is 40.8 Å². The van der Waals surface area contributed by atoms with Gasteiger partial charge in [-0.05, 0) is 37.1 Å². The fraction of sp³-hybridized carbons (Fsp3) is 0.421. The predicted octanol–water partition coefficient (Wildman–Crippen LogP) is 2.83. The van der Waals surface area contributed by atoms with Crippen molar-refractivity contribution in [1.29, 1.82) is 0 Å². The van der Waals surface area contributed by atoms with Gasteiger partial charge < -0.3 is 24.5 Å². The van der Waals surface area contributed by atoms with Gasteiger partial charge in [0.25, 0.3) is 0 Å². The summed E-state index contributed by atoms with van der Waals surface area (Å²) in [7, 11) is 1.60. The minimum atomic E-state index is -0.318. The van der Waals surface area contributed by atoms with Crippen molar-refractivity contribution >= 4 is 6.03 Å². The number of urea groups is 1. The number of fused-ring (bicyclic) bond motifs is 1. The lowest BCUT2D eigenvalue weighted by Gasteiger charge is -2.25. The summed E-state index contributed by atoms with van der Waals surface area (Å²) in [4.78, 5) is 12.2. The molecule has 2 amide bonds. The number of carbonyl (C=O) groups excluding carboxylic acids is 1. The molecule has 6 nitrogen and oxygen atoms in total. The van der Waals surface area contributed by atoms with E-state index in [0.29, 0.717) is 25.5 Å². The van der Waals surface area contributed by atoms with Gasteiger partial charge in [-0.15, -0.1) is 0 Å². The van der Waals surface area contributed by atoms with Gasteiger partial charge in [-0.3, -0.25) is 0 Å². The van der Waals surface area contributed by atoms with E-state index in [9.17, 15) is 4.79 Å². The van der Waals surface area contributed by atoms with E-state index in [1.54, 1.807) is 7.11 Å². The number of hydrogen-bond acceptors (Lipinski definition) is 4. The van der Waals surface area contributed by atoms with Gasteiger partial charge in [-0.2, -0.15) is 0 Å². The molecule has 1 aromatic carbocycles. The van der Waals surface area contributed by atoms with Crippen molar-refractivity contribution in [2.45, 2.75) is 19.4 Å². The van der Waals surface area contributed by atoms with Crippen molar-refractivity contribution in [3.8, 4) is 5.75 Å². The smallest absolute Gasteiger partial charge is 0.315 e. The first-order valence-corrected chi connectivity index (χ1v) is 8.46. The van der Waals surface area contributed by atoms with E-state index in [0.717, 1.165) is 17.9 Å². The molecule has 1 aromatic heterocycles. The first kappa shape index (κ1) is 17.4. The quantitative estimate of drug-likeness (QED) is 0.845. The monoisotopic (exact) mass is 344 g/mol. The Morgan fingerprint density at radius 2 is 2.16 bits per heavy atom. The molecule has 0 saturated carbocycles. The summed E-state index contributed by atoms with van der Waals surface area (Å²) in [5.74, 6) is 2.68. The number of hydrogen-bond donors (Lipinski definition) is 2. The summed E-state index contributed by atoms with van der Waals surface area (Å²) in [6.07, 6.45) is 0.898. The molecule has 0 bridgehead atoms. The van der Waals surface area contributed by atoms with Gasteiger partial charge in [0.05, 0.1) is 13.2 Å². The van der Waals surface area contributed by atoms with Gasteiger partial charge in [-0.1, -0.05) is 18.2 Å². The second-order valence-electron chi connectivity index (χ2n) is 6.30. The molecule has 6 heteroatoms. The molecule has 0 aliphatic carbocycles. The molecule has 0 spiro atoms. The molecule has 2 N–H and O–H groups in total. The Labute approximate surface area is 147 Å². The summed E-state index contributed by atoms with van der Waals surface area (Å²) < 4.78 is 16.5. The molecule has 3 rings (SSSR count). The number of furan rings is 1. The largest absolute Gasteiger partial charge is 0.493 e. The van der Waals surface area contributed by atoms with Crippen molar-refractivity contribution in [1.82, 2.24) is 10.6 Å². The highest BCUT2D eigenvalue weighted by Gasteiger charge is 2.22. The Morgan fingerprint density at radius 1 is 1.32 bits per heavy atom. The van der Waals surface area contributed by atoms with E-state index >= 15 is 0 Å². The van der Waals surface area contributed by atoms with E-state index in [1.807, 2.05) is 37.3 Å². The lowest BCUT2D eigenvalue weighted by molar-refractivity contribution is 0.155. The van der Waals surface area contributed by atoms with Crippen molar-refractivity contribution in [2.75, 3.05) is 26.9 Å². The fourth-order valence-electron chi connectivity index (χ4n) is 2.97. The van der Waals surface area contributed by atoms with Crippen LogP contribution in [0.1, 0.15) is 23.1 Å². The van der Waals surface area contributed by atoms with Crippen LogP contribution in [0.5, 0.6) is 5.75 Å². The Bertz CT molecular complexity index is 713. The average Bonchev–Trinajstić information content (AvgIpc) is 3.06. The number of aryl methyl sites for hydroxylation is 1. The van der Waals surface area contributed by atoms with Crippen LogP contribution in [0.2, 0.25) is 0 Å². The maximum Gasteiger partial charge on any atom is 0.315 e. The number of methoxy groups -OCH3 is 1. The van der Waals surface area contributed by atoms with E-state index in [2.05, 4.69) is 16.7 Å². The third kappa shape index (κ3) is 4.54. The van der Waals surface area contributed by atoms with Crippen LogP contribution >= 0.6 is 0 Å². The number of para-hydroxylation sites is 1. The first-order chi connectivity index (χ1) is 12.2. The maximum atomic E-state index is 12.2. The van der Waals surface area contributed by atoms with Crippen LogP contribution in [0.25, 0.3) is 0 Å². The Morgan fingerprint density at radius 3 is 2.92 bits per heavy atom. The van der Waals surface area contributed by atoms with E-state index in [-0.39, 0.29) is 18.0 Å². The number of rotatable bonds is 6. The molecule has 0 radical (unpaired) electrons. The summed E-state index contributed by atoms with van der Waals surface area (Å²) in [5.41, 5.74) is 1.18. The van der Waals surface area contributed by atoms with Gasteiger partial charge in [0.2, 0.25) is 0 Å². The highest BCUT2D eigenvalue weighted by molar-refractivity contribution is 5.74. The lowest BCUT2D eigenvalue weighted by Crippen LogP contribution is -2.43. The van der Waals surface area contributed by atoms with Gasteiger partial charge in [0.15, 0.2) is 0 Å². The highest BCUT2D eigenvalue weighted by Crippen LogP contribution is 2.26. The fourth-order valence-corrected chi connectivity index (χ4v) is 2.97. The third-order valence-electron chi connectivity index (χ3n) is 4.25. The zero-order valence-electron chi connectivity index (χ0n) is 14.6. The van der Waals surface area contributed by atoms with E-state index in [1.165, 1.54) is 5.56 Å². The van der Waals surface area contributed by atoms with Crippen LogP contribution < -0.4 is 15.4 Å². The molecule has 0 fully saturated rings. The summed E-state index contributed by atoms with van der Waals surface area (Å²) in [6, 6.07) is 11.2. The zero-order chi connectivity index (χ0) is 17.6. The highest BCUT2D eigenvalue weighted by atomic mass is 16.5. The molecule has 0 unspecified atom stereocenters. The van der Waals surface area contributed by atoms with Gasteiger partial charge >= 0.3 is 6.03 Å². The molecule has 2 aromatic rings. The topological polar surface area (TPSA) is 72.7 Å². The second-order valence-corrected chi connectivity index (χ2v) is 6.30. The molecule has 2 atom stereocenters. The Kier molecular flexibility index (Phi) is 5.60. The second kappa shape index (κ2) is 8.07. The van der Waals surface area contributed by atoms with E-state index < -0.39 is 0 Å². The molecule has 134 valence electrons. The average molecular weight is 344 g/mol. The third-order valence-corrected chi connectivity index (χ3v) is 4.25. The summed E-state index contributed by atoms with van der Waals surface area (Å²) in [6.45, 7) is 3.38. The molecule has 1 aliphatic rings. The van der Waals surface area contributed by atoms with Crippen molar-refractivity contribution in [3.63, 3.8) is 0 Å². The van der Waals surface area contributed by atoms with Crippen LogP contribution in [-0.2, 0) is 11.2 Å². The normalized spacial score (nSPS) is 17.3. The molecule has 1 aliphatic heterocycles. The summed E-state index contributed by atoms with van der Waals surface area (Å²) in [5, 5.41) is 5.82. The molecular formula is C19H24N2O4. The number of ether oxygens (including phenoxy) is 2. The SMILES string of the molecule is COC[C@@H](NC(=O)NC[C@@H]1COc2ccccc2C1)c1ccc(C)o1. The van der Waals surface area contributed by atoms with Crippen LogP contribution in [0, 0.1) is 12.8 Å². The van der Waals surface area contributed by atoms with Gasteiger partial charge in [0.1, 0.15) is 23.3 Å². The number of carbonyl (C=O) groups is 1. The Hall–Kier alpha value is -2.47. The minimum Gasteiger partial charge on any atom is -0.493 e. The number of nitrogens with one attached hydrogen (secondary N) is 2. The Balaban J connectivity index is 1.50. The zero-order valence-corrected chi connectivity index (χ0v) is 14.6. The van der Waals surface area contributed by atoms with Crippen molar-refractivity contribution < 1.29 is 18.7 Å². The first-order valence-electron chi connectivity index (χ1n) is 8.46. The van der Waals surface area contributed by atoms with Crippen molar-refractivity contribution in [3.05, 3.63) is 53.5 Å². The standard InChI is InChI=1S/C19H24N2O4/c1-13-7-8-18(25-13)16(12-23-2)21-19(22)20-10-14-9-15-5-3-4-6-17(15)24-11-14/h3-8,14,16H,9-12H2,1-2H3,(H2,20,21,22)/t14-,16-/m1/s1. The van der Waals surface area contributed by atoms with Crippen LogP contribution in [-0.4, -0.2) is 32.9 Å². The van der Waals surface area contributed by atoms with E-state index in [4.69, 9.17) is 13.9 Å². The van der Waals surface area contributed by atoms with Crippen molar-refractivity contribution in [2.24, 2.45) is 5.92 Å². The van der Waals surface area contributed by atoms with Gasteiger partial charge in [0, 0.05) is 19.6 Å². The number of amides is 2. The lowest BCUT2D eigenvalue weighted by atomic mass is 9.97. The van der Waals surface area contributed by atoms with Crippen LogP contribution in [0.4, 0.5) is 4.79 Å². The molecular weight excluding hydrogens is 320 g/mol. The minimum absolute atomic E-state index is 0.241. The number of benzene rings is 1. The van der Waals surface area contributed by atoms with Gasteiger partial charge in [-0.25, -0.2) is 4.79 Å². The molecule has 2 heterocycles. The molecule has 0 saturated heterocycles. The molecule has 25 heavy (non-hydrogen) atoms.